The second-order valence-corrected chi connectivity index (χ2v) is 5.14. The van der Waals surface area contributed by atoms with E-state index in [0.29, 0.717) is 12.5 Å². The van der Waals surface area contributed by atoms with E-state index in [1.807, 2.05) is 0 Å². The average molecular weight is 256 g/mol. The molecule has 1 rings (SSSR count). The number of carbonyl (C=O) groups excluding carboxylic acids is 1. The van der Waals surface area contributed by atoms with Gasteiger partial charge in [-0.1, -0.05) is 19.8 Å². The van der Waals surface area contributed by atoms with Crippen molar-refractivity contribution in [2.24, 2.45) is 17.6 Å². The molecule has 0 aliphatic heterocycles. The highest BCUT2D eigenvalue weighted by Gasteiger charge is 2.29. The third-order valence-corrected chi connectivity index (χ3v) is 3.66. The van der Waals surface area contributed by atoms with Crippen molar-refractivity contribution < 1.29 is 9.53 Å². The van der Waals surface area contributed by atoms with Crippen LogP contribution in [0.25, 0.3) is 0 Å². The van der Waals surface area contributed by atoms with E-state index in [9.17, 15) is 4.79 Å². The molecule has 0 heterocycles. The molecular formula is C14H28N2O2. The summed E-state index contributed by atoms with van der Waals surface area (Å²) in [6, 6.07) is 0. The summed E-state index contributed by atoms with van der Waals surface area (Å²) in [7, 11) is 0. The molecule has 0 saturated heterocycles. The second kappa shape index (κ2) is 9.34. The van der Waals surface area contributed by atoms with Gasteiger partial charge in [0.25, 0.3) is 0 Å². The van der Waals surface area contributed by atoms with Gasteiger partial charge >= 0.3 is 0 Å². The summed E-state index contributed by atoms with van der Waals surface area (Å²) in [4.78, 5) is 12.0. The molecule has 18 heavy (non-hydrogen) atoms. The summed E-state index contributed by atoms with van der Waals surface area (Å²) >= 11 is 0. The fraction of sp³-hybridized carbons (Fsp3) is 0.929. The summed E-state index contributed by atoms with van der Waals surface area (Å²) < 4.78 is 5.38. The first-order valence-corrected chi connectivity index (χ1v) is 7.35. The minimum absolute atomic E-state index is 0.139. The summed E-state index contributed by atoms with van der Waals surface area (Å²) in [5.74, 6) is 0.719. The van der Waals surface area contributed by atoms with Gasteiger partial charge in [0, 0.05) is 25.7 Å². The van der Waals surface area contributed by atoms with Gasteiger partial charge in [-0.25, -0.2) is 0 Å². The van der Waals surface area contributed by atoms with Gasteiger partial charge in [0.1, 0.15) is 0 Å². The van der Waals surface area contributed by atoms with Crippen LogP contribution in [0, 0.1) is 11.8 Å². The van der Waals surface area contributed by atoms with E-state index in [2.05, 4.69) is 12.2 Å². The molecule has 1 amide bonds. The number of carbonyl (C=O) groups is 1. The molecule has 4 nitrogen and oxygen atoms in total. The molecular weight excluding hydrogens is 228 g/mol. The number of nitrogens with two attached hydrogens (primary N) is 1. The molecule has 4 heteroatoms. The Balaban J connectivity index is 2.14. The molecule has 0 radical (unpaired) electrons. The number of hydrogen-bond donors (Lipinski definition) is 2. The minimum Gasteiger partial charge on any atom is -0.381 e. The minimum atomic E-state index is 0.139. The van der Waals surface area contributed by atoms with Crippen LogP contribution in [0.1, 0.15) is 45.4 Å². The molecule has 0 aromatic rings. The molecule has 0 bridgehead atoms. The number of amides is 1. The van der Waals surface area contributed by atoms with Crippen molar-refractivity contribution in [3.8, 4) is 0 Å². The van der Waals surface area contributed by atoms with E-state index >= 15 is 0 Å². The first-order chi connectivity index (χ1) is 8.79. The molecule has 2 atom stereocenters. The Morgan fingerprint density at radius 2 is 2.11 bits per heavy atom. The molecule has 1 aliphatic carbocycles. The molecule has 2 unspecified atom stereocenters. The van der Waals surface area contributed by atoms with Crippen molar-refractivity contribution in [1.29, 1.82) is 0 Å². The first kappa shape index (κ1) is 15.4. The molecule has 1 saturated carbocycles. The standard InChI is InChI=1S/C14H28N2O2/c1-2-9-18-10-5-8-16-14(17)13-7-4-3-6-12(13)11-15/h12-13H,2-11,15H2,1H3,(H,16,17). The van der Waals surface area contributed by atoms with Gasteiger partial charge in [0.15, 0.2) is 0 Å². The zero-order valence-corrected chi connectivity index (χ0v) is 11.6. The van der Waals surface area contributed by atoms with Crippen LogP contribution in [0.3, 0.4) is 0 Å². The monoisotopic (exact) mass is 256 g/mol. The van der Waals surface area contributed by atoms with Crippen molar-refractivity contribution in [1.82, 2.24) is 5.32 Å². The van der Waals surface area contributed by atoms with Crippen LogP contribution in [0.2, 0.25) is 0 Å². The quantitative estimate of drug-likeness (QED) is 0.649. The van der Waals surface area contributed by atoms with Gasteiger partial charge < -0.3 is 15.8 Å². The maximum absolute atomic E-state index is 12.0. The summed E-state index contributed by atoms with van der Waals surface area (Å²) in [5, 5.41) is 3.02. The predicted molar refractivity (Wildman–Crippen MR) is 73.2 cm³/mol. The van der Waals surface area contributed by atoms with E-state index < -0.39 is 0 Å². The Hall–Kier alpha value is -0.610. The maximum Gasteiger partial charge on any atom is 0.223 e. The Bertz CT molecular complexity index is 234. The number of rotatable bonds is 8. The molecule has 3 N–H and O–H groups in total. The highest BCUT2D eigenvalue weighted by Crippen LogP contribution is 2.29. The first-order valence-electron chi connectivity index (χ1n) is 7.35. The zero-order chi connectivity index (χ0) is 13.2. The number of nitrogens with one attached hydrogen (secondary N) is 1. The molecule has 0 aromatic heterocycles. The molecule has 1 fully saturated rings. The van der Waals surface area contributed by atoms with Gasteiger partial charge in [-0.3, -0.25) is 4.79 Å². The lowest BCUT2D eigenvalue weighted by Gasteiger charge is -2.29. The normalized spacial score (nSPS) is 23.9. The SMILES string of the molecule is CCCOCCCNC(=O)C1CCCCC1CN. The van der Waals surface area contributed by atoms with Crippen LogP contribution >= 0.6 is 0 Å². The summed E-state index contributed by atoms with van der Waals surface area (Å²) in [6.07, 6.45) is 6.43. The summed E-state index contributed by atoms with van der Waals surface area (Å²) in [5.41, 5.74) is 5.74. The van der Waals surface area contributed by atoms with Crippen molar-refractivity contribution in [2.75, 3.05) is 26.3 Å². The van der Waals surface area contributed by atoms with Gasteiger partial charge in [-0.05, 0) is 38.1 Å². The van der Waals surface area contributed by atoms with E-state index in [0.717, 1.165) is 51.9 Å². The average Bonchev–Trinajstić information content (AvgIpc) is 2.42. The molecule has 1 aliphatic rings. The lowest BCUT2D eigenvalue weighted by Crippen LogP contribution is -2.39. The third-order valence-electron chi connectivity index (χ3n) is 3.66. The Kier molecular flexibility index (Phi) is 8.01. The lowest BCUT2D eigenvalue weighted by atomic mass is 9.79. The molecule has 0 spiro atoms. The summed E-state index contributed by atoms with van der Waals surface area (Å²) in [6.45, 7) is 5.00. The van der Waals surface area contributed by atoms with Crippen molar-refractivity contribution in [3.05, 3.63) is 0 Å². The molecule has 0 aromatic carbocycles. The van der Waals surface area contributed by atoms with Crippen LogP contribution in [0.5, 0.6) is 0 Å². The highest BCUT2D eigenvalue weighted by atomic mass is 16.5. The Labute approximate surface area is 111 Å². The maximum atomic E-state index is 12.0. The van der Waals surface area contributed by atoms with E-state index in [-0.39, 0.29) is 11.8 Å². The van der Waals surface area contributed by atoms with Crippen LogP contribution in [-0.4, -0.2) is 32.2 Å². The van der Waals surface area contributed by atoms with Gasteiger partial charge in [-0.2, -0.15) is 0 Å². The largest absolute Gasteiger partial charge is 0.381 e. The topological polar surface area (TPSA) is 64.3 Å². The fourth-order valence-electron chi connectivity index (χ4n) is 2.60. The number of hydrogen-bond acceptors (Lipinski definition) is 3. The van der Waals surface area contributed by atoms with Crippen LogP contribution in [0.4, 0.5) is 0 Å². The van der Waals surface area contributed by atoms with Crippen molar-refractivity contribution >= 4 is 5.91 Å². The van der Waals surface area contributed by atoms with Crippen molar-refractivity contribution in [2.45, 2.75) is 45.4 Å². The van der Waals surface area contributed by atoms with Crippen LogP contribution < -0.4 is 11.1 Å². The lowest BCUT2D eigenvalue weighted by molar-refractivity contribution is -0.127. The number of ether oxygens (including phenoxy) is 1. The predicted octanol–water partition coefficient (Wildman–Crippen LogP) is 1.68. The Morgan fingerprint density at radius 1 is 1.33 bits per heavy atom. The van der Waals surface area contributed by atoms with Gasteiger partial charge in [0.2, 0.25) is 5.91 Å². The second-order valence-electron chi connectivity index (χ2n) is 5.14. The van der Waals surface area contributed by atoms with Gasteiger partial charge in [-0.15, -0.1) is 0 Å². The van der Waals surface area contributed by atoms with E-state index in [4.69, 9.17) is 10.5 Å². The fourth-order valence-corrected chi connectivity index (χ4v) is 2.60. The van der Waals surface area contributed by atoms with E-state index in [1.54, 1.807) is 0 Å². The van der Waals surface area contributed by atoms with Crippen LogP contribution in [0.15, 0.2) is 0 Å². The van der Waals surface area contributed by atoms with E-state index in [1.165, 1.54) is 6.42 Å². The van der Waals surface area contributed by atoms with Crippen molar-refractivity contribution in [3.63, 3.8) is 0 Å². The smallest absolute Gasteiger partial charge is 0.223 e. The van der Waals surface area contributed by atoms with Gasteiger partial charge in [0.05, 0.1) is 0 Å². The third kappa shape index (κ3) is 5.36. The Morgan fingerprint density at radius 3 is 2.83 bits per heavy atom. The van der Waals surface area contributed by atoms with Crippen LogP contribution in [-0.2, 0) is 9.53 Å². The molecule has 106 valence electrons. The highest BCUT2D eigenvalue weighted by molar-refractivity contribution is 5.79. The zero-order valence-electron chi connectivity index (χ0n) is 11.6.